The minimum absolute atomic E-state index is 0.0771. The van der Waals surface area contributed by atoms with Gasteiger partial charge in [-0.05, 0) is 33.8 Å². The average molecular weight is 265 g/mol. The van der Waals surface area contributed by atoms with Crippen LogP contribution in [0.5, 0.6) is 5.75 Å². The minimum Gasteiger partial charge on any atom is -0.491 e. The predicted octanol–water partition coefficient (Wildman–Crippen LogP) is 2.12. The molecule has 1 aromatic carbocycles. The summed E-state index contributed by atoms with van der Waals surface area (Å²) in [7, 11) is 0. The highest BCUT2D eigenvalue weighted by atomic mass is 16.5. The molecule has 0 aliphatic heterocycles. The predicted molar refractivity (Wildman–Crippen MR) is 78.1 cm³/mol. The number of rotatable bonds is 6. The number of anilines is 2. The molecule has 0 radical (unpaired) electrons. The molecule has 0 bridgehead atoms. The molecule has 1 rings (SSSR count). The lowest BCUT2D eigenvalue weighted by Crippen LogP contribution is -2.36. The molecule has 0 aliphatic rings. The molecule has 5 N–H and O–H groups in total. The highest BCUT2D eigenvalue weighted by Crippen LogP contribution is 2.26. The zero-order chi connectivity index (χ0) is 14.6. The van der Waals surface area contributed by atoms with Crippen LogP contribution < -0.4 is 21.5 Å². The Balaban J connectivity index is 2.88. The Bertz CT molecular complexity index is 456. The lowest BCUT2D eigenvalue weighted by Gasteiger charge is -2.26. The first-order valence-corrected chi connectivity index (χ1v) is 6.32. The summed E-state index contributed by atoms with van der Waals surface area (Å²) in [6.07, 6.45) is 0.315. The summed E-state index contributed by atoms with van der Waals surface area (Å²) >= 11 is 0. The van der Waals surface area contributed by atoms with Crippen molar-refractivity contribution in [1.82, 2.24) is 0 Å². The van der Waals surface area contributed by atoms with E-state index in [1.165, 1.54) is 0 Å². The monoisotopic (exact) mass is 265 g/mol. The van der Waals surface area contributed by atoms with E-state index in [1.54, 1.807) is 12.1 Å². The third-order valence-electron chi connectivity index (χ3n) is 2.40. The van der Waals surface area contributed by atoms with Crippen LogP contribution in [0.1, 0.15) is 34.1 Å². The van der Waals surface area contributed by atoms with Crippen LogP contribution in [0.2, 0.25) is 0 Å². The van der Waals surface area contributed by atoms with E-state index < -0.39 is 5.54 Å². The summed E-state index contributed by atoms with van der Waals surface area (Å²) in [6.45, 7) is 7.72. The van der Waals surface area contributed by atoms with E-state index in [0.717, 1.165) is 5.69 Å². The third kappa shape index (κ3) is 5.50. The van der Waals surface area contributed by atoms with Crippen LogP contribution in [0, 0.1) is 0 Å². The van der Waals surface area contributed by atoms with Gasteiger partial charge in [0, 0.05) is 35.5 Å². The van der Waals surface area contributed by atoms with Crippen molar-refractivity contribution in [2.24, 2.45) is 5.73 Å². The number of nitrogens with two attached hydrogens (primary N) is 2. The number of nitrogens with one attached hydrogen (secondary N) is 1. The normalized spacial score (nSPS) is 11.4. The highest BCUT2D eigenvalue weighted by molar-refractivity contribution is 5.76. The molecule has 0 aliphatic carbocycles. The van der Waals surface area contributed by atoms with Gasteiger partial charge in [-0.1, -0.05) is 0 Å². The maximum Gasteiger partial charge on any atom is 0.219 e. The van der Waals surface area contributed by atoms with Crippen LogP contribution in [0.25, 0.3) is 0 Å². The van der Waals surface area contributed by atoms with E-state index in [9.17, 15) is 4.79 Å². The van der Waals surface area contributed by atoms with Gasteiger partial charge < -0.3 is 21.5 Å². The number of carbonyl (C=O) groups is 1. The van der Waals surface area contributed by atoms with Gasteiger partial charge in [-0.2, -0.15) is 0 Å². The Labute approximate surface area is 114 Å². The number of primary amides is 1. The summed E-state index contributed by atoms with van der Waals surface area (Å²) < 4.78 is 5.62. The molecule has 106 valence electrons. The van der Waals surface area contributed by atoms with E-state index in [2.05, 4.69) is 5.32 Å². The van der Waals surface area contributed by atoms with Crippen molar-refractivity contribution in [2.75, 3.05) is 11.1 Å². The second-order valence-electron chi connectivity index (χ2n) is 5.61. The van der Waals surface area contributed by atoms with Gasteiger partial charge in [0.05, 0.1) is 6.10 Å². The van der Waals surface area contributed by atoms with Gasteiger partial charge in [0.15, 0.2) is 0 Å². The summed E-state index contributed by atoms with van der Waals surface area (Å²) in [5.41, 5.74) is 12.1. The highest BCUT2D eigenvalue weighted by Gasteiger charge is 2.20. The van der Waals surface area contributed by atoms with E-state index in [1.807, 2.05) is 33.8 Å². The Hall–Kier alpha value is -1.91. The van der Waals surface area contributed by atoms with Crippen LogP contribution in [-0.2, 0) is 4.79 Å². The maximum atomic E-state index is 11.0. The number of ether oxygens (including phenoxy) is 1. The van der Waals surface area contributed by atoms with E-state index >= 15 is 0 Å². The summed E-state index contributed by atoms with van der Waals surface area (Å²) in [5, 5.41) is 3.24. The molecule has 0 saturated heterocycles. The molecule has 0 saturated carbocycles. The fourth-order valence-electron chi connectivity index (χ4n) is 1.90. The molecule has 1 aromatic rings. The Kier molecular flexibility index (Phi) is 4.64. The molecule has 5 heteroatoms. The maximum absolute atomic E-state index is 11.0. The first-order chi connectivity index (χ1) is 8.68. The first-order valence-electron chi connectivity index (χ1n) is 6.32. The van der Waals surface area contributed by atoms with Gasteiger partial charge in [0.2, 0.25) is 5.91 Å². The number of nitrogen functional groups attached to an aromatic ring is 1. The van der Waals surface area contributed by atoms with Crippen LogP contribution in [0.3, 0.4) is 0 Å². The van der Waals surface area contributed by atoms with Gasteiger partial charge in [-0.15, -0.1) is 0 Å². The van der Waals surface area contributed by atoms with Crippen molar-refractivity contribution in [2.45, 2.75) is 45.8 Å². The zero-order valence-corrected chi connectivity index (χ0v) is 12.0. The quantitative estimate of drug-likeness (QED) is 0.687. The Morgan fingerprint density at radius 3 is 2.53 bits per heavy atom. The molecule has 0 fully saturated rings. The largest absolute Gasteiger partial charge is 0.491 e. The molecule has 0 spiro atoms. The van der Waals surface area contributed by atoms with Crippen molar-refractivity contribution < 1.29 is 9.53 Å². The van der Waals surface area contributed by atoms with Crippen molar-refractivity contribution in [3.63, 3.8) is 0 Å². The standard InChI is InChI=1S/C14H23N3O2/c1-9(2)19-12-6-10(15)5-11(7-12)17-14(3,4)8-13(16)18/h5-7,9,17H,8,15H2,1-4H3,(H2,16,18). The van der Waals surface area contributed by atoms with Crippen LogP contribution in [-0.4, -0.2) is 17.6 Å². The molecular formula is C14H23N3O2. The molecule has 1 amide bonds. The smallest absolute Gasteiger partial charge is 0.219 e. The minimum atomic E-state index is -0.436. The average Bonchev–Trinajstić information content (AvgIpc) is 2.10. The van der Waals surface area contributed by atoms with Crippen LogP contribution in [0.15, 0.2) is 18.2 Å². The summed E-state index contributed by atoms with van der Waals surface area (Å²) in [6, 6.07) is 5.43. The fourth-order valence-corrected chi connectivity index (χ4v) is 1.90. The summed E-state index contributed by atoms with van der Waals surface area (Å²) in [4.78, 5) is 11.0. The van der Waals surface area contributed by atoms with E-state index in [0.29, 0.717) is 11.4 Å². The SMILES string of the molecule is CC(C)Oc1cc(N)cc(NC(C)(C)CC(N)=O)c1. The van der Waals surface area contributed by atoms with Crippen LogP contribution in [0.4, 0.5) is 11.4 Å². The van der Waals surface area contributed by atoms with Gasteiger partial charge >= 0.3 is 0 Å². The van der Waals surface area contributed by atoms with Gasteiger partial charge in [0.1, 0.15) is 5.75 Å². The Morgan fingerprint density at radius 1 is 1.37 bits per heavy atom. The van der Waals surface area contributed by atoms with Crippen molar-refractivity contribution in [1.29, 1.82) is 0 Å². The fraction of sp³-hybridized carbons (Fsp3) is 0.500. The number of hydrogen-bond acceptors (Lipinski definition) is 4. The lowest BCUT2D eigenvalue weighted by atomic mass is 10.00. The van der Waals surface area contributed by atoms with Crippen molar-refractivity contribution in [3.05, 3.63) is 18.2 Å². The van der Waals surface area contributed by atoms with E-state index in [-0.39, 0.29) is 18.4 Å². The molecule has 0 heterocycles. The zero-order valence-electron chi connectivity index (χ0n) is 12.0. The van der Waals surface area contributed by atoms with Crippen molar-refractivity contribution in [3.8, 4) is 5.75 Å². The number of hydrogen-bond donors (Lipinski definition) is 3. The van der Waals surface area contributed by atoms with Crippen LogP contribution >= 0.6 is 0 Å². The van der Waals surface area contributed by atoms with Gasteiger partial charge in [-0.25, -0.2) is 0 Å². The van der Waals surface area contributed by atoms with Gasteiger partial charge in [0.25, 0.3) is 0 Å². The number of carbonyl (C=O) groups excluding carboxylic acids is 1. The molecule has 0 aromatic heterocycles. The second kappa shape index (κ2) is 5.82. The third-order valence-corrected chi connectivity index (χ3v) is 2.40. The lowest BCUT2D eigenvalue weighted by molar-refractivity contribution is -0.118. The molecule has 0 atom stereocenters. The van der Waals surface area contributed by atoms with Gasteiger partial charge in [-0.3, -0.25) is 4.79 Å². The summed E-state index contributed by atoms with van der Waals surface area (Å²) in [5.74, 6) is 0.354. The second-order valence-corrected chi connectivity index (χ2v) is 5.61. The molecule has 0 unspecified atom stereocenters. The number of benzene rings is 1. The molecule has 19 heavy (non-hydrogen) atoms. The Morgan fingerprint density at radius 2 is 2.00 bits per heavy atom. The molecule has 5 nitrogen and oxygen atoms in total. The first kappa shape index (κ1) is 15.1. The topological polar surface area (TPSA) is 90.4 Å². The molecular weight excluding hydrogens is 242 g/mol. The van der Waals surface area contributed by atoms with E-state index in [4.69, 9.17) is 16.2 Å². The van der Waals surface area contributed by atoms with Crippen molar-refractivity contribution >= 4 is 17.3 Å². The number of amides is 1.